The predicted molar refractivity (Wildman–Crippen MR) is 77.4 cm³/mol. The van der Waals surface area contributed by atoms with Crippen molar-refractivity contribution in [2.45, 2.75) is 45.5 Å². The van der Waals surface area contributed by atoms with Crippen LogP contribution in [0.25, 0.3) is 0 Å². The van der Waals surface area contributed by atoms with Crippen LogP contribution in [0.2, 0.25) is 0 Å². The summed E-state index contributed by atoms with van der Waals surface area (Å²) in [7, 11) is 0. The maximum absolute atomic E-state index is 12.4. The third-order valence-electron chi connectivity index (χ3n) is 3.52. The van der Waals surface area contributed by atoms with E-state index in [1.165, 1.54) is 0 Å². The number of urea groups is 1. The molecular formula is C13H20F3N3O2S. The average molecular weight is 339 g/mol. The number of nitrogens with one attached hydrogen (secondary N) is 2. The molecule has 2 amide bonds. The smallest absolute Gasteiger partial charge is 0.388 e. The molecule has 9 heteroatoms. The summed E-state index contributed by atoms with van der Waals surface area (Å²) in [6.45, 7) is 5.38. The monoisotopic (exact) mass is 339 g/mol. The molecule has 1 aromatic heterocycles. The minimum absolute atomic E-state index is 0.00102. The van der Waals surface area contributed by atoms with Gasteiger partial charge in [0.15, 0.2) is 5.69 Å². The van der Waals surface area contributed by atoms with Crippen molar-refractivity contribution < 1.29 is 23.1 Å². The zero-order valence-electron chi connectivity index (χ0n) is 12.6. The molecule has 126 valence electrons. The Hall–Kier alpha value is -1.35. The molecule has 22 heavy (non-hydrogen) atoms. The number of rotatable bonds is 6. The fraction of sp³-hybridized carbons (Fsp3) is 0.692. The Bertz CT molecular complexity index is 503. The van der Waals surface area contributed by atoms with Gasteiger partial charge in [-0.05, 0) is 12.8 Å². The van der Waals surface area contributed by atoms with Crippen molar-refractivity contribution in [2.75, 3.05) is 6.54 Å². The van der Waals surface area contributed by atoms with Gasteiger partial charge in [-0.1, -0.05) is 20.3 Å². The van der Waals surface area contributed by atoms with Crippen LogP contribution in [0, 0.1) is 5.92 Å². The zero-order valence-corrected chi connectivity index (χ0v) is 13.4. The van der Waals surface area contributed by atoms with E-state index in [1.807, 2.05) is 13.8 Å². The van der Waals surface area contributed by atoms with Gasteiger partial charge in [-0.25, -0.2) is 9.78 Å². The van der Waals surface area contributed by atoms with Crippen molar-refractivity contribution in [1.82, 2.24) is 15.6 Å². The largest absolute Gasteiger partial charge is 0.434 e. The van der Waals surface area contributed by atoms with Crippen molar-refractivity contribution in [3.05, 3.63) is 16.1 Å². The van der Waals surface area contributed by atoms with Gasteiger partial charge in [-0.2, -0.15) is 13.2 Å². The van der Waals surface area contributed by atoms with Gasteiger partial charge in [0.25, 0.3) is 0 Å². The summed E-state index contributed by atoms with van der Waals surface area (Å²) >= 11 is 0.828. The fourth-order valence-corrected chi connectivity index (χ4v) is 2.35. The van der Waals surface area contributed by atoms with Crippen molar-refractivity contribution in [3.8, 4) is 0 Å². The highest BCUT2D eigenvalue weighted by molar-refractivity contribution is 7.09. The Labute approximate surface area is 130 Å². The van der Waals surface area contributed by atoms with Gasteiger partial charge < -0.3 is 15.7 Å². The van der Waals surface area contributed by atoms with E-state index in [1.54, 1.807) is 6.92 Å². The Morgan fingerprint density at radius 1 is 1.45 bits per heavy atom. The molecule has 0 radical (unpaired) electrons. The van der Waals surface area contributed by atoms with E-state index in [-0.39, 0.29) is 24.0 Å². The fourth-order valence-electron chi connectivity index (χ4n) is 1.61. The third kappa shape index (κ3) is 5.45. The number of amides is 2. The van der Waals surface area contributed by atoms with E-state index in [9.17, 15) is 23.1 Å². The molecule has 2 atom stereocenters. The molecule has 1 rings (SSSR count). The molecular weight excluding hydrogens is 319 g/mol. The second kappa shape index (κ2) is 7.28. The second-order valence-corrected chi connectivity index (χ2v) is 6.27. The first-order valence-electron chi connectivity index (χ1n) is 6.82. The lowest BCUT2D eigenvalue weighted by molar-refractivity contribution is -0.140. The second-order valence-electron chi connectivity index (χ2n) is 5.33. The van der Waals surface area contributed by atoms with Gasteiger partial charge >= 0.3 is 12.2 Å². The van der Waals surface area contributed by atoms with Crippen LogP contribution in [0.3, 0.4) is 0 Å². The van der Waals surface area contributed by atoms with Crippen LogP contribution < -0.4 is 10.6 Å². The maximum Gasteiger partial charge on any atom is 0.434 e. The van der Waals surface area contributed by atoms with Crippen LogP contribution in [-0.4, -0.2) is 28.3 Å². The molecule has 0 fully saturated rings. The Morgan fingerprint density at radius 2 is 2.09 bits per heavy atom. The molecule has 0 aliphatic carbocycles. The lowest BCUT2D eigenvalue weighted by Gasteiger charge is -2.29. The summed E-state index contributed by atoms with van der Waals surface area (Å²) < 4.78 is 37.1. The van der Waals surface area contributed by atoms with Crippen LogP contribution in [0.1, 0.15) is 37.9 Å². The van der Waals surface area contributed by atoms with Crippen LogP contribution in [-0.2, 0) is 12.7 Å². The van der Waals surface area contributed by atoms with E-state index in [0.717, 1.165) is 23.1 Å². The molecule has 0 aliphatic heterocycles. The number of nitrogens with zero attached hydrogens (tertiary/aromatic N) is 1. The number of aromatic nitrogens is 1. The van der Waals surface area contributed by atoms with E-state index in [4.69, 9.17) is 0 Å². The lowest BCUT2D eigenvalue weighted by atomic mass is 9.89. The predicted octanol–water partition coefficient (Wildman–Crippen LogP) is 2.76. The van der Waals surface area contributed by atoms with Gasteiger partial charge in [0.1, 0.15) is 5.01 Å². The molecule has 0 saturated heterocycles. The number of hydrogen-bond acceptors (Lipinski definition) is 4. The number of carbonyl (C=O) groups is 1. The quantitative estimate of drug-likeness (QED) is 0.746. The molecule has 0 aromatic carbocycles. The molecule has 1 heterocycles. The van der Waals surface area contributed by atoms with E-state index in [2.05, 4.69) is 15.6 Å². The first kappa shape index (κ1) is 18.7. The number of carbonyl (C=O) groups excluding carboxylic acids is 1. The van der Waals surface area contributed by atoms with Gasteiger partial charge in [0.2, 0.25) is 0 Å². The molecule has 2 unspecified atom stereocenters. The third-order valence-corrected chi connectivity index (χ3v) is 4.37. The molecule has 0 spiro atoms. The van der Waals surface area contributed by atoms with Gasteiger partial charge in [-0.3, -0.25) is 0 Å². The molecule has 1 aromatic rings. The summed E-state index contributed by atoms with van der Waals surface area (Å²) in [6.07, 6.45) is -3.72. The first-order valence-corrected chi connectivity index (χ1v) is 7.70. The molecule has 0 bridgehead atoms. The Morgan fingerprint density at radius 3 is 2.59 bits per heavy atom. The van der Waals surface area contributed by atoms with E-state index in [0.29, 0.717) is 0 Å². The molecule has 3 N–H and O–H groups in total. The average Bonchev–Trinajstić information content (AvgIpc) is 2.91. The molecule has 0 saturated carbocycles. The van der Waals surface area contributed by atoms with E-state index >= 15 is 0 Å². The zero-order chi connectivity index (χ0) is 17.0. The minimum Gasteiger partial charge on any atom is -0.388 e. The van der Waals surface area contributed by atoms with Crippen LogP contribution in [0.15, 0.2) is 5.38 Å². The summed E-state index contributed by atoms with van der Waals surface area (Å²) in [5.41, 5.74) is -2.01. The van der Waals surface area contributed by atoms with Gasteiger partial charge in [-0.15, -0.1) is 11.3 Å². The highest BCUT2D eigenvalue weighted by Gasteiger charge is 2.33. The summed E-state index contributed by atoms with van der Waals surface area (Å²) in [5, 5.41) is 16.1. The van der Waals surface area contributed by atoms with Crippen molar-refractivity contribution in [3.63, 3.8) is 0 Å². The van der Waals surface area contributed by atoms with Crippen LogP contribution >= 0.6 is 11.3 Å². The standard InChI is InChI=1S/C13H20F3N3O2S/c1-4-8(2)12(3,21)7-18-11(20)17-5-10-19-9(6-22-10)13(14,15)16/h6,8,21H,4-5,7H2,1-3H3,(H2,17,18,20). The number of aliphatic hydroxyl groups is 1. The number of thiazole rings is 1. The normalized spacial score (nSPS) is 16.0. The number of alkyl halides is 3. The van der Waals surface area contributed by atoms with Crippen LogP contribution in [0.4, 0.5) is 18.0 Å². The highest BCUT2D eigenvalue weighted by Crippen LogP contribution is 2.29. The summed E-state index contributed by atoms with van der Waals surface area (Å²) in [6, 6.07) is -0.563. The SMILES string of the molecule is CCC(C)C(C)(O)CNC(=O)NCc1nc(C(F)(F)F)cs1. The Kier molecular flexibility index (Phi) is 6.18. The summed E-state index contributed by atoms with van der Waals surface area (Å²) in [4.78, 5) is 15.0. The van der Waals surface area contributed by atoms with E-state index < -0.39 is 23.5 Å². The van der Waals surface area contributed by atoms with Crippen molar-refractivity contribution in [1.29, 1.82) is 0 Å². The number of halogens is 3. The topological polar surface area (TPSA) is 74.2 Å². The van der Waals surface area contributed by atoms with Gasteiger partial charge in [0, 0.05) is 11.9 Å². The Balaban J connectivity index is 2.42. The van der Waals surface area contributed by atoms with Crippen molar-refractivity contribution in [2.24, 2.45) is 5.92 Å². The van der Waals surface area contributed by atoms with Crippen molar-refractivity contribution >= 4 is 17.4 Å². The minimum atomic E-state index is -4.48. The van der Waals surface area contributed by atoms with Crippen LogP contribution in [0.5, 0.6) is 0 Å². The maximum atomic E-state index is 12.4. The summed E-state index contributed by atoms with van der Waals surface area (Å²) in [5.74, 6) is 0.00102. The molecule has 0 aliphatic rings. The number of hydrogen-bond donors (Lipinski definition) is 3. The van der Waals surface area contributed by atoms with Gasteiger partial charge in [0.05, 0.1) is 12.1 Å². The highest BCUT2D eigenvalue weighted by atomic mass is 32.1. The first-order chi connectivity index (χ1) is 10.1. The lowest BCUT2D eigenvalue weighted by Crippen LogP contribution is -2.47. The molecule has 5 nitrogen and oxygen atoms in total.